The van der Waals surface area contributed by atoms with Crippen LogP contribution in [0, 0.1) is 13.8 Å². The van der Waals surface area contributed by atoms with E-state index in [1.54, 1.807) is 11.8 Å². The van der Waals surface area contributed by atoms with Crippen molar-refractivity contribution in [3.8, 4) is 0 Å². The molecule has 1 aromatic heterocycles. The second-order valence-electron chi connectivity index (χ2n) is 9.80. The Kier molecular flexibility index (Phi) is 8.72. The van der Waals surface area contributed by atoms with Gasteiger partial charge in [0.2, 0.25) is 0 Å². The average Bonchev–Trinajstić information content (AvgIpc) is 3.47. The molecule has 0 saturated carbocycles. The SMILES string of the molecule is Cc1nc(SCc2ccc(C(=O)NCC3CCCO3)cc2)nc(N2CCN(c3ccccc3Cl)CC2)c1C. The van der Waals surface area contributed by atoms with Crippen LogP contribution in [0.15, 0.2) is 53.7 Å². The molecule has 2 fully saturated rings. The highest BCUT2D eigenvalue weighted by Crippen LogP contribution is 2.30. The number of carbonyl (C=O) groups excluding carboxylic acids is 1. The third-order valence-electron chi connectivity index (χ3n) is 7.21. The van der Waals surface area contributed by atoms with Crippen LogP contribution in [0.1, 0.15) is 40.0 Å². The summed E-state index contributed by atoms with van der Waals surface area (Å²) >= 11 is 8.04. The Hall–Kier alpha value is -2.81. The maximum atomic E-state index is 12.5. The van der Waals surface area contributed by atoms with Crippen molar-refractivity contribution in [3.63, 3.8) is 0 Å². The quantitative estimate of drug-likeness (QED) is 0.302. The van der Waals surface area contributed by atoms with E-state index in [0.717, 1.165) is 89.9 Å². The summed E-state index contributed by atoms with van der Waals surface area (Å²) in [6, 6.07) is 15.8. The molecule has 2 saturated heterocycles. The third-order valence-corrected chi connectivity index (χ3v) is 8.45. The Labute approximate surface area is 233 Å². The molecule has 0 bridgehead atoms. The second-order valence-corrected chi connectivity index (χ2v) is 11.1. The zero-order chi connectivity index (χ0) is 26.5. The zero-order valence-corrected chi connectivity index (χ0v) is 23.5. The molecule has 0 radical (unpaired) electrons. The molecule has 1 atom stereocenters. The summed E-state index contributed by atoms with van der Waals surface area (Å²) in [6.07, 6.45) is 2.22. The molecule has 7 nitrogen and oxygen atoms in total. The number of aromatic nitrogens is 2. The number of piperazine rings is 1. The van der Waals surface area contributed by atoms with Crippen LogP contribution in [0.2, 0.25) is 5.02 Å². The lowest BCUT2D eigenvalue weighted by Crippen LogP contribution is -2.47. The summed E-state index contributed by atoms with van der Waals surface area (Å²) < 4.78 is 5.58. The van der Waals surface area contributed by atoms with Crippen LogP contribution in [-0.2, 0) is 10.5 Å². The van der Waals surface area contributed by atoms with Crippen LogP contribution >= 0.6 is 23.4 Å². The lowest BCUT2D eigenvalue weighted by molar-refractivity contribution is 0.0858. The zero-order valence-electron chi connectivity index (χ0n) is 22.0. The Bertz CT molecular complexity index is 1260. The van der Waals surface area contributed by atoms with Gasteiger partial charge in [-0.05, 0) is 56.5 Å². The molecule has 3 aromatic rings. The Balaban J connectivity index is 1.18. The van der Waals surface area contributed by atoms with Gasteiger partial charge >= 0.3 is 0 Å². The minimum absolute atomic E-state index is 0.0588. The van der Waals surface area contributed by atoms with E-state index < -0.39 is 0 Å². The smallest absolute Gasteiger partial charge is 0.251 e. The summed E-state index contributed by atoms with van der Waals surface area (Å²) in [5, 5.41) is 4.54. The number of rotatable bonds is 8. The normalized spacial score (nSPS) is 17.6. The van der Waals surface area contributed by atoms with Crippen LogP contribution in [0.5, 0.6) is 0 Å². The fraction of sp³-hybridized carbons (Fsp3) is 0.414. The van der Waals surface area contributed by atoms with E-state index >= 15 is 0 Å². The number of halogens is 1. The van der Waals surface area contributed by atoms with Crippen LogP contribution in [0.4, 0.5) is 11.5 Å². The molecular weight excluding hydrogens is 518 g/mol. The number of thioether (sulfide) groups is 1. The van der Waals surface area contributed by atoms with Crippen LogP contribution < -0.4 is 15.1 Å². The minimum atomic E-state index is -0.0588. The van der Waals surface area contributed by atoms with Crippen molar-refractivity contribution >= 4 is 40.8 Å². The minimum Gasteiger partial charge on any atom is -0.376 e. The average molecular weight is 552 g/mol. The number of ether oxygens (including phenoxy) is 1. The predicted molar refractivity (Wildman–Crippen MR) is 155 cm³/mol. The van der Waals surface area contributed by atoms with Gasteiger partial charge in [-0.1, -0.05) is 47.6 Å². The Morgan fingerprint density at radius 1 is 1.05 bits per heavy atom. The van der Waals surface area contributed by atoms with E-state index in [1.807, 2.05) is 42.5 Å². The number of benzene rings is 2. The summed E-state index contributed by atoms with van der Waals surface area (Å²) in [4.78, 5) is 26.8. The molecule has 0 spiro atoms. The number of aryl methyl sites for hydroxylation is 1. The summed E-state index contributed by atoms with van der Waals surface area (Å²) in [5.41, 5.74) is 5.01. The Morgan fingerprint density at radius 3 is 2.50 bits per heavy atom. The van der Waals surface area contributed by atoms with E-state index in [0.29, 0.717) is 12.1 Å². The number of hydrogen-bond acceptors (Lipinski definition) is 7. The van der Waals surface area contributed by atoms with Gasteiger partial charge in [0, 0.05) is 61.9 Å². The first kappa shape index (κ1) is 26.8. The lowest BCUT2D eigenvalue weighted by Gasteiger charge is -2.37. The molecule has 1 unspecified atom stereocenters. The first-order valence-corrected chi connectivity index (χ1v) is 14.6. The number of nitrogens with zero attached hydrogens (tertiary/aromatic N) is 4. The Morgan fingerprint density at radius 2 is 1.79 bits per heavy atom. The molecule has 5 rings (SSSR count). The van der Waals surface area contributed by atoms with E-state index in [-0.39, 0.29) is 12.0 Å². The second kappa shape index (κ2) is 12.4. The molecular formula is C29H34ClN5O2S. The van der Waals surface area contributed by atoms with E-state index in [2.05, 4.69) is 35.0 Å². The van der Waals surface area contributed by atoms with Gasteiger partial charge in [0.25, 0.3) is 5.91 Å². The van der Waals surface area contributed by atoms with E-state index in [1.165, 1.54) is 0 Å². The first-order chi connectivity index (χ1) is 18.5. The van der Waals surface area contributed by atoms with Gasteiger partial charge in [0.1, 0.15) is 5.82 Å². The molecule has 0 aliphatic carbocycles. The van der Waals surface area contributed by atoms with E-state index in [4.69, 9.17) is 26.3 Å². The van der Waals surface area contributed by atoms with Crippen molar-refractivity contribution in [1.29, 1.82) is 0 Å². The van der Waals surface area contributed by atoms with Gasteiger partial charge in [0.15, 0.2) is 5.16 Å². The van der Waals surface area contributed by atoms with Gasteiger partial charge in [-0.3, -0.25) is 4.79 Å². The number of nitrogens with one attached hydrogen (secondary N) is 1. The highest BCUT2D eigenvalue weighted by atomic mass is 35.5. The van der Waals surface area contributed by atoms with Crippen LogP contribution in [0.25, 0.3) is 0 Å². The lowest BCUT2D eigenvalue weighted by atomic mass is 10.1. The van der Waals surface area contributed by atoms with Gasteiger partial charge in [-0.25, -0.2) is 9.97 Å². The molecule has 3 heterocycles. The maximum Gasteiger partial charge on any atom is 0.251 e. The molecule has 38 heavy (non-hydrogen) atoms. The van der Waals surface area contributed by atoms with Gasteiger partial charge in [0.05, 0.1) is 16.8 Å². The number of anilines is 2. The highest BCUT2D eigenvalue weighted by molar-refractivity contribution is 7.98. The van der Waals surface area contributed by atoms with Crippen molar-refractivity contribution in [2.45, 2.75) is 43.7 Å². The van der Waals surface area contributed by atoms with Crippen LogP contribution in [-0.4, -0.2) is 61.3 Å². The van der Waals surface area contributed by atoms with E-state index in [9.17, 15) is 4.79 Å². The summed E-state index contributed by atoms with van der Waals surface area (Å²) in [7, 11) is 0. The summed E-state index contributed by atoms with van der Waals surface area (Å²) in [6.45, 7) is 9.05. The van der Waals surface area contributed by atoms with Crippen molar-refractivity contribution in [1.82, 2.24) is 15.3 Å². The molecule has 200 valence electrons. The number of para-hydroxylation sites is 1. The number of carbonyl (C=O) groups is 1. The molecule has 1 amide bonds. The van der Waals surface area contributed by atoms with Crippen molar-refractivity contribution in [2.24, 2.45) is 0 Å². The summed E-state index contributed by atoms with van der Waals surface area (Å²) in [5.74, 6) is 1.69. The predicted octanol–water partition coefficient (Wildman–Crippen LogP) is 5.27. The first-order valence-electron chi connectivity index (χ1n) is 13.2. The highest BCUT2D eigenvalue weighted by Gasteiger charge is 2.22. The molecule has 2 aliphatic rings. The number of hydrogen-bond donors (Lipinski definition) is 1. The van der Waals surface area contributed by atoms with Crippen LogP contribution in [0.3, 0.4) is 0 Å². The third kappa shape index (κ3) is 6.42. The fourth-order valence-corrected chi connectivity index (χ4v) is 5.94. The molecule has 1 N–H and O–H groups in total. The van der Waals surface area contributed by atoms with Gasteiger partial charge in [-0.15, -0.1) is 0 Å². The van der Waals surface area contributed by atoms with Gasteiger partial charge in [-0.2, -0.15) is 0 Å². The van der Waals surface area contributed by atoms with Gasteiger partial charge < -0.3 is 19.9 Å². The largest absolute Gasteiger partial charge is 0.376 e. The maximum absolute atomic E-state index is 12.5. The van der Waals surface area contributed by atoms with Crippen molar-refractivity contribution in [2.75, 3.05) is 49.1 Å². The molecule has 9 heteroatoms. The standard InChI is InChI=1S/C29H34ClN5O2S/c1-20-21(2)32-29(33-27(20)35-15-13-34(14-16-35)26-8-4-3-7-25(26)30)38-19-22-9-11-23(12-10-22)28(36)31-18-24-6-5-17-37-24/h3-4,7-12,24H,5-6,13-19H2,1-2H3,(H,31,36). The fourth-order valence-electron chi connectivity index (χ4n) is 4.84. The van der Waals surface area contributed by atoms with Crippen molar-refractivity contribution < 1.29 is 9.53 Å². The topological polar surface area (TPSA) is 70.6 Å². The number of amides is 1. The molecule has 2 aromatic carbocycles. The molecule has 2 aliphatic heterocycles. The monoisotopic (exact) mass is 551 g/mol. The van der Waals surface area contributed by atoms with Crippen molar-refractivity contribution in [3.05, 3.63) is 75.9 Å².